The predicted octanol–water partition coefficient (Wildman–Crippen LogP) is 4.40. The standard InChI is InChI=1S/C14H13BrFNO/c1-9(17)11-4-2-3-5-14(11)18-10-6-7-12(15)13(16)8-10/h2-9H,17H2,1H3/t9-/m1/s1. The summed E-state index contributed by atoms with van der Waals surface area (Å²) in [6, 6.07) is 12.0. The van der Waals surface area contributed by atoms with Crippen LogP contribution in [0.4, 0.5) is 4.39 Å². The van der Waals surface area contributed by atoms with Crippen molar-refractivity contribution >= 4 is 15.9 Å². The van der Waals surface area contributed by atoms with Gasteiger partial charge in [-0.3, -0.25) is 0 Å². The van der Waals surface area contributed by atoms with Crippen molar-refractivity contribution in [2.24, 2.45) is 5.73 Å². The number of benzene rings is 2. The number of halogens is 2. The Bertz CT molecular complexity index is 557. The van der Waals surface area contributed by atoms with Gasteiger partial charge in [0.15, 0.2) is 0 Å². The minimum absolute atomic E-state index is 0.138. The van der Waals surface area contributed by atoms with Crippen LogP contribution >= 0.6 is 15.9 Å². The van der Waals surface area contributed by atoms with Crippen LogP contribution in [0.1, 0.15) is 18.5 Å². The lowest BCUT2D eigenvalue weighted by Gasteiger charge is -2.13. The second-order valence-electron chi connectivity index (χ2n) is 4.00. The summed E-state index contributed by atoms with van der Waals surface area (Å²) in [4.78, 5) is 0. The maximum atomic E-state index is 13.4. The molecular formula is C14H13BrFNO. The van der Waals surface area contributed by atoms with Crippen molar-refractivity contribution in [3.05, 3.63) is 58.3 Å². The van der Waals surface area contributed by atoms with Gasteiger partial charge in [-0.15, -0.1) is 0 Å². The van der Waals surface area contributed by atoms with E-state index in [1.807, 2.05) is 31.2 Å². The Hall–Kier alpha value is -1.39. The highest BCUT2D eigenvalue weighted by molar-refractivity contribution is 9.10. The Morgan fingerprint density at radius 2 is 1.94 bits per heavy atom. The molecule has 0 saturated carbocycles. The predicted molar refractivity (Wildman–Crippen MR) is 73.2 cm³/mol. The van der Waals surface area contributed by atoms with Crippen LogP contribution in [-0.4, -0.2) is 0 Å². The SMILES string of the molecule is C[C@@H](N)c1ccccc1Oc1ccc(Br)c(F)c1. The molecule has 0 bridgehead atoms. The molecule has 2 aromatic carbocycles. The van der Waals surface area contributed by atoms with Gasteiger partial charge in [-0.1, -0.05) is 18.2 Å². The zero-order valence-corrected chi connectivity index (χ0v) is 11.4. The summed E-state index contributed by atoms with van der Waals surface area (Å²) < 4.78 is 19.5. The van der Waals surface area contributed by atoms with Gasteiger partial charge in [0.25, 0.3) is 0 Å². The van der Waals surface area contributed by atoms with Crippen LogP contribution < -0.4 is 10.5 Å². The van der Waals surface area contributed by atoms with Gasteiger partial charge < -0.3 is 10.5 Å². The summed E-state index contributed by atoms with van der Waals surface area (Å²) in [5, 5.41) is 0. The third-order valence-corrected chi connectivity index (χ3v) is 3.17. The molecule has 0 aliphatic carbocycles. The Balaban J connectivity index is 2.31. The normalized spacial score (nSPS) is 12.2. The third kappa shape index (κ3) is 2.89. The third-order valence-electron chi connectivity index (χ3n) is 2.53. The monoisotopic (exact) mass is 309 g/mol. The summed E-state index contributed by atoms with van der Waals surface area (Å²) in [5.41, 5.74) is 6.75. The molecule has 2 rings (SSSR count). The van der Waals surface area contributed by atoms with E-state index in [1.165, 1.54) is 6.07 Å². The van der Waals surface area contributed by atoms with Crippen molar-refractivity contribution in [2.75, 3.05) is 0 Å². The first-order valence-electron chi connectivity index (χ1n) is 5.55. The second-order valence-corrected chi connectivity index (χ2v) is 4.86. The average molecular weight is 310 g/mol. The number of nitrogens with two attached hydrogens (primary N) is 1. The summed E-state index contributed by atoms with van der Waals surface area (Å²) in [7, 11) is 0. The highest BCUT2D eigenvalue weighted by atomic mass is 79.9. The number of hydrogen-bond acceptors (Lipinski definition) is 2. The van der Waals surface area contributed by atoms with Crippen LogP contribution in [0.2, 0.25) is 0 Å². The molecule has 0 saturated heterocycles. The van der Waals surface area contributed by atoms with Gasteiger partial charge in [-0.05, 0) is 41.1 Å². The van der Waals surface area contributed by atoms with Crippen molar-refractivity contribution in [1.29, 1.82) is 0 Å². The van der Waals surface area contributed by atoms with E-state index in [4.69, 9.17) is 10.5 Å². The molecule has 94 valence electrons. The first-order chi connectivity index (χ1) is 8.58. The molecule has 0 radical (unpaired) electrons. The summed E-state index contributed by atoms with van der Waals surface area (Å²) in [6.45, 7) is 1.88. The molecule has 2 N–H and O–H groups in total. The number of hydrogen-bond donors (Lipinski definition) is 1. The first-order valence-corrected chi connectivity index (χ1v) is 6.34. The maximum Gasteiger partial charge on any atom is 0.141 e. The van der Waals surface area contributed by atoms with Crippen LogP contribution in [0.3, 0.4) is 0 Å². The lowest BCUT2D eigenvalue weighted by molar-refractivity contribution is 0.466. The summed E-state index contributed by atoms with van der Waals surface area (Å²) in [6.07, 6.45) is 0. The molecule has 0 fully saturated rings. The molecule has 0 heterocycles. The lowest BCUT2D eigenvalue weighted by atomic mass is 10.1. The van der Waals surface area contributed by atoms with Crippen LogP contribution in [0.25, 0.3) is 0 Å². The zero-order chi connectivity index (χ0) is 13.1. The van der Waals surface area contributed by atoms with Crippen LogP contribution in [-0.2, 0) is 0 Å². The Morgan fingerprint density at radius 3 is 2.61 bits per heavy atom. The number of para-hydroxylation sites is 1. The van der Waals surface area contributed by atoms with E-state index in [-0.39, 0.29) is 11.9 Å². The molecule has 2 aromatic rings. The highest BCUT2D eigenvalue weighted by Gasteiger charge is 2.09. The smallest absolute Gasteiger partial charge is 0.141 e. The van der Waals surface area contributed by atoms with E-state index in [2.05, 4.69) is 15.9 Å². The fraction of sp³-hybridized carbons (Fsp3) is 0.143. The molecule has 0 aromatic heterocycles. The Morgan fingerprint density at radius 1 is 1.22 bits per heavy atom. The minimum atomic E-state index is -0.356. The van der Waals surface area contributed by atoms with E-state index in [1.54, 1.807) is 12.1 Å². The van der Waals surface area contributed by atoms with E-state index in [0.29, 0.717) is 16.0 Å². The van der Waals surface area contributed by atoms with Crippen LogP contribution in [0.5, 0.6) is 11.5 Å². The van der Waals surface area contributed by atoms with E-state index < -0.39 is 0 Å². The van der Waals surface area contributed by atoms with Gasteiger partial charge in [0.2, 0.25) is 0 Å². The molecule has 0 aliphatic heterocycles. The highest BCUT2D eigenvalue weighted by Crippen LogP contribution is 2.30. The Kier molecular flexibility index (Phi) is 3.99. The molecule has 2 nitrogen and oxygen atoms in total. The fourth-order valence-electron chi connectivity index (χ4n) is 1.62. The second kappa shape index (κ2) is 5.50. The van der Waals surface area contributed by atoms with Crippen molar-refractivity contribution < 1.29 is 9.13 Å². The first kappa shape index (κ1) is 13.1. The van der Waals surface area contributed by atoms with Gasteiger partial charge in [0.05, 0.1) is 4.47 Å². The van der Waals surface area contributed by atoms with Gasteiger partial charge in [-0.25, -0.2) is 4.39 Å². The molecule has 0 amide bonds. The zero-order valence-electron chi connectivity index (χ0n) is 9.86. The number of rotatable bonds is 3. The van der Waals surface area contributed by atoms with Gasteiger partial charge in [0, 0.05) is 17.7 Å². The molecule has 1 atom stereocenters. The van der Waals surface area contributed by atoms with E-state index >= 15 is 0 Å². The average Bonchev–Trinajstić information content (AvgIpc) is 2.34. The summed E-state index contributed by atoms with van der Waals surface area (Å²) >= 11 is 3.10. The van der Waals surface area contributed by atoms with E-state index in [9.17, 15) is 4.39 Å². The largest absolute Gasteiger partial charge is 0.457 e. The van der Waals surface area contributed by atoms with Crippen LogP contribution in [0, 0.1) is 5.82 Å². The molecule has 4 heteroatoms. The van der Waals surface area contributed by atoms with E-state index in [0.717, 1.165) is 5.56 Å². The van der Waals surface area contributed by atoms with Crippen molar-refractivity contribution in [3.8, 4) is 11.5 Å². The molecule has 18 heavy (non-hydrogen) atoms. The lowest BCUT2D eigenvalue weighted by Crippen LogP contribution is -2.06. The van der Waals surface area contributed by atoms with Gasteiger partial charge in [0.1, 0.15) is 17.3 Å². The molecule has 0 unspecified atom stereocenters. The van der Waals surface area contributed by atoms with Crippen molar-refractivity contribution in [3.63, 3.8) is 0 Å². The van der Waals surface area contributed by atoms with Gasteiger partial charge in [-0.2, -0.15) is 0 Å². The fourth-order valence-corrected chi connectivity index (χ4v) is 1.86. The minimum Gasteiger partial charge on any atom is -0.457 e. The maximum absolute atomic E-state index is 13.4. The van der Waals surface area contributed by atoms with Crippen LogP contribution in [0.15, 0.2) is 46.9 Å². The number of ether oxygens (including phenoxy) is 1. The molecule has 0 aliphatic rings. The van der Waals surface area contributed by atoms with Crippen molar-refractivity contribution in [2.45, 2.75) is 13.0 Å². The quantitative estimate of drug-likeness (QED) is 0.912. The molecule has 0 spiro atoms. The topological polar surface area (TPSA) is 35.2 Å². The van der Waals surface area contributed by atoms with Crippen molar-refractivity contribution in [1.82, 2.24) is 0 Å². The van der Waals surface area contributed by atoms with Gasteiger partial charge >= 0.3 is 0 Å². The summed E-state index contributed by atoms with van der Waals surface area (Å²) in [5.74, 6) is 0.740. The Labute approximate surface area is 114 Å². The molecular weight excluding hydrogens is 297 g/mol.